The number of hydrogen-bond acceptors (Lipinski definition) is 2. The zero-order valence-corrected chi connectivity index (χ0v) is 7.63. The van der Waals surface area contributed by atoms with Gasteiger partial charge in [0.2, 0.25) is 0 Å². The maximum absolute atomic E-state index is 5.63. The molecule has 2 rings (SSSR count). The van der Waals surface area contributed by atoms with Gasteiger partial charge < -0.3 is 5.73 Å². The number of nitrogen functional groups attached to an aromatic ring is 1. The van der Waals surface area contributed by atoms with Crippen LogP contribution in [0.15, 0.2) is 16.7 Å². The normalized spacial score (nSPS) is 16.8. The van der Waals surface area contributed by atoms with Crippen molar-refractivity contribution in [1.29, 1.82) is 0 Å². The smallest absolute Gasteiger partial charge is 0.137 e. The Hall–Kier alpha value is -0.570. The first-order valence-corrected chi connectivity index (χ1v) is 4.48. The molecule has 0 atom stereocenters. The lowest BCUT2D eigenvalue weighted by Crippen LogP contribution is -1.93. The number of hydrogen-bond donors (Lipinski definition) is 1. The van der Waals surface area contributed by atoms with Crippen LogP contribution in [0.2, 0.25) is 0 Å². The average molecular weight is 213 g/mol. The Bertz CT molecular complexity index is 281. The summed E-state index contributed by atoms with van der Waals surface area (Å²) in [6, 6.07) is 2.04. The van der Waals surface area contributed by atoms with Crippen molar-refractivity contribution in [3.63, 3.8) is 0 Å². The van der Waals surface area contributed by atoms with Crippen molar-refractivity contribution in [3.8, 4) is 0 Å². The molecule has 0 bridgehead atoms. The second kappa shape index (κ2) is 2.48. The van der Waals surface area contributed by atoms with Gasteiger partial charge in [-0.1, -0.05) is 0 Å². The van der Waals surface area contributed by atoms with Gasteiger partial charge in [-0.25, -0.2) is 4.98 Å². The molecule has 1 heterocycles. The second-order valence-electron chi connectivity index (χ2n) is 2.87. The van der Waals surface area contributed by atoms with Crippen LogP contribution in [-0.2, 0) is 0 Å². The van der Waals surface area contributed by atoms with Gasteiger partial charge in [0.15, 0.2) is 0 Å². The number of rotatable bonds is 1. The van der Waals surface area contributed by atoms with Gasteiger partial charge >= 0.3 is 0 Å². The lowest BCUT2D eigenvalue weighted by molar-refractivity contribution is 1.10. The van der Waals surface area contributed by atoms with E-state index in [9.17, 15) is 0 Å². The fourth-order valence-electron chi connectivity index (χ4n) is 1.19. The SMILES string of the molecule is Nc1nccc(C2CC2)c1Br. The van der Waals surface area contributed by atoms with Crippen molar-refractivity contribution in [2.24, 2.45) is 0 Å². The Balaban J connectivity index is 2.45. The molecule has 0 aromatic carbocycles. The summed E-state index contributed by atoms with van der Waals surface area (Å²) in [5.41, 5.74) is 6.95. The number of anilines is 1. The molecular weight excluding hydrogens is 204 g/mol. The van der Waals surface area contributed by atoms with E-state index in [1.165, 1.54) is 18.4 Å². The molecule has 1 aliphatic rings. The Morgan fingerprint density at radius 2 is 2.27 bits per heavy atom. The summed E-state index contributed by atoms with van der Waals surface area (Å²) < 4.78 is 0.988. The zero-order chi connectivity index (χ0) is 7.84. The predicted octanol–water partition coefficient (Wildman–Crippen LogP) is 2.30. The van der Waals surface area contributed by atoms with Crippen LogP contribution >= 0.6 is 15.9 Å². The Morgan fingerprint density at radius 1 is 1.55 bits per heavy atom. The molecule has 1 saturated carbocycles. The van der Waals surface area contributed by atoms with Crippen molar-refractivity contribution >= 4 is 21.7 Å². The minimum Gasteiger partial charge on any atom is -0.383 e. The topological polar surface area (TPSA) is 38.9 Å². The van der Waals surface area contributed by atoms with Crippen LogP contribution in [-0.4, -0.2) is 4.98 Å². The molecule has 1 aromatic rings. The second-order valence-corrected chi connectivity index (χ2v) is 3.67. The summed E-state index contributed by atoms with van der Waals surface area (Å²) in [5.74, 6) is 1.34. The van der Waals surface area contributed by atoms with Crippen LogP contribution in [0.1, 0.15) is 24.3 Å². The van der Waals surface area contributed by atoms with Gasteiger partial charge in [-0.05, 0) is 46.3 Å². The maximum Gasteiger partial charge on any atom is 0.137 e. The maximum atomic E-state index is 5.63. The third kappa shape index (κ3) is 1.25. The molecule has 0 spiro atoms. The standard InChI is InChI=1S/C8H9BrN2/c9-7-6(5-1-2-5)3-4-11-8(7)10/h3-5H,1-2H2,(H2,10,11). The van der Waals surface area contributed by atoms with E-state index < -0.39 is 0 Å². The Kier molecular flexibility index (Phi) is 1.60. The van der Waals surface area contributed by atoms with Crippen LogP contribution in [0.5, 0.6) is 0 Å². The van der Waals surface area contributed by atoms with Gasteiger partial charge in [-0.3, -0.25) is 0 Å². The van der Waals surface area contributed by atoms with Crippen molar-refractivity contribution < 1.29 is 0 Å². The average Bonchev–Trinajstić information content (AvgIpc) is 2.77. The summed E-state index contributed by atoms with van der Waals surface area (Å²) in [4.78, 5) is 3.98. The monoisotopic (exact) mass is 212 g/mol. The summed E-state index contributed by atoms with van der Waals surface area (Å²) >= 11 is 3.43. The van der Waals surface area contributed by atoms with Crippen LogP contribution in [0.25, 0.3) is 0 Å². The molecule has 0 aliphatic heterocycles. The van der Waals surface area contributed by atoms with Crippen molar-refractivity contribution in [2.75, 3.05) is 5.73 Å². The fraction of sp³-hybridized carbons (Fsp3) is 0.375. The van der Waals surface area contributed by atoms with E-state index >= 15 is 0 Å². The molecule has 0 saturated heterocycles. The van der Waals surface area contributed by atoms with Crippen LogP contribution in [0.3, 0.4) is 0 Å². The van der Waals surface area contributed by atoms with Gasteiger partial charge in [-0.15, -0.1) is 0 Å². The van der Waals surface area contributed by atoms with Crippen molar-refractivity contribution in [1.82, 2.24) is 4.98 Å². The lowest BCUT2D eigenvalue weighted by Gasteiger charge is -2.02. The third-order valence-corrected chi connectivity index (χ3v) is 2.83. The van der Waals surface area contributed by atoms with Gasteiger partial charge in [0, 0.05) is 6.20 Å². The van der Waals surface area contributed by atoms with Gasteiger partial charge in [0.05, 0.1) is 4.47 Å². The highest BCUT2D eigenvalue weighted by molar-refractivity contribution is 9.10. The van der Waals surface area contributed by atoms with E-state index in [0.29, 0.717) is 5.82 Å². The molecule has 2 N–H and O–H groups in total. The molecule has 0 radical (unpaired) electrons. The Labute approximate surface area is 73.9 Å². The largest absolute Gasteiger partial charge is 0.383 e. The van der Waals surface area contributed by atoms with Crippen LogP contribution in [0.4, 0.5) is 5.82 Å². The van der Waals surface area contributed by atoms with E-state index in [-0.39, 0.29) is 0 Å². The highest BCUT2D eigenvalue weighted by Crippen LogP contribution is 2.44. The number of pyridine rings is 1. The minimum atomic E-state index is 0.606. The van der Waals surface area contributed by atoms with Crippen LogP contribution in [0, 0.1) is 0 Å². The molecule has 3 heteroatoms. The minimum absolute atomic E-state index is 0.606. The molecule has 0 amide bonds. The molecule has 2 nitrogen and oxygen atoms in total. The first-order valence-electron chi connectivity index (χ1n) is 3.69. The van der Waals surface area contributed by atoms with E-state index in [1.807, 2.05) is 6.07 Å². The third-order valence-electron chi connectivity index (χ3n) is 1.96. The molecule has 58 valence electrons. The van der Waals surface area contributed by atoms with Crippen molar-refractivity contribution in [3.05, 3.63) is 22.3 Å². The van der Waals surface area contributed by atoms with E-state index in [1.54, 1.807) is 6.20 Å². The molecule has 1 aromatic heterocycles. The van der Waals surface area contributed by atoms with E-state index in [4.69, 9.17) is 5.73 Å². The van der Waals surface area contributed by atoms with Gasteiger partial charge in [0.25, 0.3) is 0 Å². The Morgan fingerprint density at radius 3 is 2.91 bits per heavy atom. The molecule has 0 unspecified atom stereocenters. The predicted molar refractivity (Wildman–Crippen MR) is 48.3 cm³/mol. The molecule has 1 fully saturated rings. The molecule has 11 heavy (non-hydrogen) atoms. The zero-order valence-electron chi connectivity index (χ0n) is 6.05. The fourth-order valence-corrected chi connectivity index (χ4v) is 1.74. The lowest BCUT2D eigenvalue weighted by atomic mass is 10.2. The molecule has 1 aliphatic carbocycles. The summed E-state index contributed by atoms with van der Waals surface area (Å²) in [6.45, 7) is 0. The van der Waals surface area contributed by atoms with Gasteiger partial charge in [0.1, 0.15) is 5.82 Å². The summed E-state index contributed by atoms with van der Waals surface area (Å²) in [7, 11) is 0. The number of aromatic nitrogens is 1. The highest BCUT2D eigenvalue weighted by Gasteiger charge is 2.26. The number of nitrogens with two attached hydrogens (primary N) is 1. The highest BCUT2D eigenvalue weighted by atomic mass is 79.9. The van der Waals surface area contributed by atoms with E-state index in [2.05, 4.69) is 20.9 Å². The van der Waals surface area contributed by atoms with E-state index in [0.717, 1.165) is 10.4 Å². The quantitative estimate of drug-likeness (QED) is 0.777. The van der Waals surface area contributed by atoms with Gasteiger partial charge in [-0.2, -0.15) is 0 Å². The summed E-state index contributed by atoms with van der Waals surface area (Å²) in [6.07, 6.45) is 4.36. The number of halogens is 1. The first-order chi connectivity index (χ1) is 5.29. The first kappa shape index (κ1) is 7.10. The van der Waals surface area contributed by atoms with Crippen LogP contribution < -0.4 is 5.73 Å². The molecular formula is C8H9BrN2. The van der Waals surface area contributed by atoms with Crippen molar-refractivity contribution in [2.45, 2.75) is 18.8 Å². The number of nitrogens with zero attached hydrogens (tertiary/aromatic N) is 1. The summed E-state index contributed by atoms with van der Waals surface area (Å²) in [5, 5.41) is 0.